The zero-order chi connectivity index (χ0) is 11.5. The summed E-state index contributed by atoms with van der Waals surface area (Å²) in [6.07, 6.45) is 3.60. The molecule has 1 saturated carbocycles. The summed E-state index contributed by atoms with van der Waals surface area (Å²) >= 11 is 0. The zero-order valence-electron chi connectivity index (χ0n) is 9.33. The molecule has 86 valence electrons. The minimum atomic E-state index is -0.452. The van der Waals surface area contributed by atoms with Crippen molar-refractivity contribution < 1.29 is 13.9 Å². The summed E-state index contributed by atoms with van der Waals surface area (Å²) in [7, 11) is 0. The van der Waals surface area contributed by atoms with Crippen molar-refractivity contribution in [3.05, 3.63) is 29.6 Å². The standard InChI is InChI=1S/C13H15FO2/c1-9(15)11-5-6-13(12(14)7-11)16-8-10-3-2-4-10/h5-7,10H,2-4,8H2,1H3. The van der Waals surface area contributed by atoms with Crippen molar-refractivity contribution in [1.82, 2.24) is 0 Å². The molecule has 16 heavy (non-hydrogen) atoms. The molecule has 0 aromatic heterocycles. The Kier molecular flexibility index (Phi) is 3.22. The summed E-state index contributed by atoms with van der Waals surface area (Å²) < 4.78 is 18.9. The molecule has 0 radical (unpaired) electrons. The fraction of sp³-hybridized carbons (Fsp3) is 0.462. The van der Waals surface area contributed by atoms with Crippen LogP contribution >= 0.6 is 0 Å². The molecule has 0 spiro atoms. The van der Waals surface area contributed by atoms with E-state index in [1.165, 1.54) is 38.3 Å². The highest BCUT2D eigenvalue weighted by Crippen LogP contribution is 2.28. The van der Waals surface area contributed by atoms with Gasteiger partial charge in [0.15, 0.2) is 17.3 Å². The minimum absolute atomic E-state index is 0.135. The average molecular weight is 222 g/mol. The van der Waals surface area contributed by atoms with Gasteiger partial charge >= 0.3 is 0 Å². The Balaban J connectivity index is 2.00. The molecular weight excluding hydrogens is 207 g/mol. The first-order valence-corrected chi connectivity index (χ1v) is 5.60. The Morgan fingerprint density at radius 3 is 2.75 bits per heavy atom. The van der Waals surface area contributed by atoms with Gasteiger partial charge in [0.25, 0.3) is 0 Å². The van der Waals surface area contributed by atoms with Crippen LogP contribution in [0.3, 0.4) is 0 Å². The molecule has 0 heterocycles. The average Bonchev–Trinajstić information content (AvgIpc) is 2.17. The van der Waals surface area contributed by atoms with Crippen molar-refractivity contribution in [1.29, 1.82) is 0 Å². The number of carbonyl (C=O) groups is 1. The maximum atomic E-state index is 13.5. The lowest BCUT2D eigenvalue weighted by molar-refractivity contribution is 0.101. The Bertz CT molecular complexity index is 397. The van der Waals surface area contributed by atoms with Crippen molar-refractivity contribution in [2.45, 2.75) is 26.2 Å². The Hall–Kier alpha value is -1.38. The molecule has 1 fully saturated rings. The summed E-state index contributed by atoms with van der Waals surface area (Å²) in [5, 5.41) is 0. The Morgan fingerprint density at radius 2 is 2.25 bits per heavy atom. The lowest BCUT2D eigenvalue weighted by atomic mass is 9.86. The minimum Gasteiger partial charge on any atom is -0.490 e. The van der Waals surface area contributed by atoms with E-state index in [9.17, 15) is 9.18 Å². The van der Waals surface area contributed by atoms with E-state index in [-0.39, 0.29) is 11.5 Å². The third-order valence-corrected chi connectivity index (χ3v) is 3.04. The van der Waals surface area contributed by atoms with Crippen molar-refractivity contribution >= 4 is 5.78 Å². The fourth-order valence-electron chi connectivity index (χ4n) is 1.70. The van der Waals surface area contributed by atoms with Gasteiger partial charge in [-0.1, -0.05) is 6.42 Å². The van der Waals surface area contributed by atoms with Gasteiger partial charge in [0.05, 0.1) is 6.61 Å². The number of hydrogen-bond acceptors (Lipinski definition) is 2. The van der Waals surface area contributed by atoms with E-state index >= 15 is 0 Å². The Morgan fingerprint density at radius 1 is 1.50 bits per heavy atom. The normalized spacial score (nSPS) is 15.6. The van der Waals surface area contributed by atoms with Gasteiger partial charge in [-0.25, -0.2) is 4.39 Å². The molecule has 3 heteroatoms. The van der Waals surface area contributed by atoms with Crippen LogP contribution in [0.15, 0.2) is 18.2 Å². The molecule has 2 rings (SSSR count). The van der Waals surface area contributed by atoms with Crippen LogP contribution in [0.2, 0.25) is 0 Å². The van der Waals surface area contributed by atoms with Gasteiger partial charge < -0.3 is 4.74 Å². The first-order valence-electron chi connectivity index (χ1n) is 5.60. The maximum absolute atomic E-state index is 13.5. The summed E-state index contributed by atoms with van der Waals surface area (Å²) in [6, 6.07) is 4.37. The molecule has 0 bridgehead atoms. The highest BCUT2D eigenvalue weighted by molar-refractivity contribution is 5.94. The number of ketones is 1. The van der Waals surface area contributed by atoms with Crippen LogP contribution < -0.4 is 4.74 Å². The van der Waals surface area contributed by atoms with E-state index in [4.69, 9.17) is 4.74 Å². The molecule has 1 aromatic carbocycles. The van der Waals surface area contributed by atoms with Crippen LogP contribution in [0, 0.1) is 11.7 Å². The molecule has 0 N–H and O–H groups in total. The largest absolute Gasteiger partial charge is 0.490 e. The first kappa shape index (κ1) is 11.1. The van der Waals surface area contributed by atoms with E-state index in [0.717, 1.165) is 0 Å². The predicted octanol–water partition coefficient (Wildman–Crippen LogP) is 3.21. The number of carbonyl (C=O) groups excluding carboxylic acids is 1. The van der Waals surface area contributed by atoms with Crippen LogP contribution in [0.5, 0.6) is 5.75 Å². The topological polar surface area (TPSA) is 26.3 Å². The summed E-state index contributed by atoms with van der Waals surface area (Å²) in [6.45, 7) is 2.00. The van der Waals surface area contributed by atoms with Gasteiger partial charge in [-0.3, -0.25) is 4.79 Å². The van der Waals surface area contributed by atoms with Gasteiger partial charge in [-0.2, -0.15) is 0 Å². The van der Waals surface area contributed by atoms with Gasteiger partial charge in [0, 0.05) is 5.56 Å². The molecule has 1 aliphatic rings. The van der Waals surface area contributed by atoms with Gasteiger partial charge in [-0.05, 0) is 43.9 Å². The molecule has 0 unspecified atom stereocenters. The second-order valence-electron chi connectivity index (χ2n) is 4.31. The number of ether oxygens (including phenoxy) is 1. The van der Waals surface area contributed by atoms with Crippen molar-refractivity contribution in [2.24, 2.45) is 5.92 Å². The predicted molar refractivity (Wildman–Crippen MR) is 59.2 cm³/mol. The molecule has 1 aromatic rings. The molecule has 0 aliphatic heterocycles. The molecule has 0 saturated heterocycles. The lowest BCUT2D eigenvalue weighted by Gasteiger charge is -2.25. The van der Waals surface area contributed by atoms with Gasteiger partial charge in [0.1, 0.15) is 0 Å². The van der Waals surface area contributed by atoms with E-state index in [1.54, 1.807) is 6.07 Å². The number of rotatable bonds is 4. The highest BCUT2D eigenvalue weighted by Gasteiger charge is 2.18. The SMILES string of the molecule is CC(=O)c1ccc(OCC2CCC2)c(F)c1. The number of hydrogen-bond donors (Lipinski definition) is 0. The summed E-state index contributed by atoms with van der Waals surface area (Å²) in [5.74, 6) is 0.236. The molecule has 1 aliphatic carbocycles. The summed E-state index contributed by atoms with van der Waals surface area (Å²) in [4.78, 5) is 11.0. The zero-order valence-corrected chi connectivity index (χ0v) is 9.33. The molecular formula is C13H15FO2. The monoisotopic (exact) mass is 222 g/mol. The van der Waals surface area contributed by atoms with E-state index < -0.39 is 5.82 Å². The van der Waals surface area contributed by atoms with Crippen molar-refractivity contribution in [3.8, 4) is 5.75 Å². The van der Waals surface area contributed by atoms with Crippen molar-refractivity contribution in [2.75, 3.05) is 6.61 Å². The van der Waals surface area contributed by atoms with E-state index in [0.29, 0.717) is 18.1 Å². The van der Waals surface area contributed by atoms with Crippen LogP contribution in [0.4, 0.5) is 4.39 Å². The van der Waals surface area contributed by atoms with Crippen LogP contribution in [-0.2, 0) is 0 Å². The second-order valence-corrected chi connectivity index (χ2v) is 4.31. The van der Waals surface area contributed by atoms with E-state index in [2.05, 4.69) is 0 Å². The van der Waals surface area contributed by atoms with Crippen LogP contribution in [-0.4, -0.2) is 12.4 Å². The third kappa shape index (κ3) is 2.40. The summed E-state index contributed by atoms with van der Waals surface area (Å²) in [5.41, 5.74) is 0.383. The quantitative estimate of drug-likeness (QED) is 0.731. The molecule has 0 amide bonds. The number of Topliss-reactive ketones (excluding diaryl/α,β-unsaturated/α-hetero) is 1. The van der Waals surface area contributed by atoms with E-state index in [1.807, 2.05) is 0 Å². The maximum Gasteiger partial charge on any atom is 0.165 e. The van der Waals surface area contributed by atoms with Crippen LogP contribution in [0.25, 0.3) is 0 Å². The Labute approximate surface area is 94.4 Å². The number of benzene rings is 1. The lowest BCUT2D eigenvalue weighted by Crippen LogP contribution is -2.19. The second kappa shape index (κ2) is 4.64. The molecule has 2 nitrogen and oxygen atoms in total. The fourth-order valence-corrected chi connectivity index (χ4v) is 1.70. The van der Waals surface area contributed by atoms with Crippen molar-refractivity contribution in [3.63, 3.8) is 0 Å². The number of halogens is 1. The van der Waals surface area contributed by atoms with Crippen LogP contribution in [0.1, 0.15) is 36.5 Å². The van der Waals surface area contributed by atoms with Gasteiger partial charge in [0.2, 0.25) is 0 Å². The first-order chi connectivity index (χ1) is 7.66. The highest BCUT2D eigenvalue weighted by atomic mass is 19.1. The smallest absolute Gasteiger partial charge is 0.165 e. The third-order valence-electron chi connectivity index (χ3n) is 3.04. The van der Waals surface area contributed by atoms with Gasteiger partial charge in [-0.15, -0.1) is 0 Å². The molecule has 0 atom stereocenters.